The van der Waals surface area contributed by atoms with Crippen molar-refractivity contribution >= 4 is 11.9 Å². The Morgan fingerprint density at radius 1 is 0.784 bits per heavy atom. The second-order valence-corrected chi connectivity index (χ2v) is 7.94. The molecule has 2 aromatic carbocycles. The van der Waals surface area contributed by atoms with E-state index in [1.165, 1.54) is 7.11 Å². The van der Waals surface area contributed by atoms with Crippen LogP contribution in [0, 0.1) is 0 Å². The van der Waals surface area contributed by atoms with Crippen molar-refractivity contribution in [2.24, 2.45) is 0 Å². The Morgan fingerprint density at radius 2 is 1.49 bits per heavy atom. The largest absolute Gasteiger partial charge is 0.464 e. The summed E-state index contributed by atoms with van der Waals surface area (Å²) in [5.41, 5.74) is 3.66. The summed E-state index contributed by atoms with van der Waals surface area (Å²) in [7, 11) is 1.27. The average Bonchev–Trinajstić information content (AvgIpc) is 3.62. The summed E-state index contributed by atoms with van der Waals surface area (Å²) in [6.45, 7) is 2.01. The summed E-state index contributed by atoms with van der Waals surface area (Å²) in [6.07, 6.45) is 1.75. The maximum Gasteiger partial charge on any atom is 0.360 e. The first kappa shape index (κ1) is 23.7. The fourth-order valence-electron chi connectivity index (χ4n) is 3.78. The molecule has 0 aliphatic heterocycles. The first-order valence-electron chi connectivity index (χ1n) is 11.6. The van der Waals surface area contributed by atoms with E-state index in [1.54, 1.807) is 49.5 Å². The smallest absolute Gasteiger partial charge is 0.360 e. The first-order chi connectivity index (χ1) is 18.1. The van der Waals surface area contributed by atoms with Gasteiger partial charge in [-0.25, -0.2) is 9.59 Å². The van der Waals surface area contributed by atoms with Crippen molar-refractivity contribution in [2.45, 2.75) is 6.92 Å². The topological polar surface area (TPSA) is 105 Å². The lowest BCUT2D eigenvalue weighted by Gasteiger charge is -2.03. The van der Waals surface area contributed by atoms with Gasteiger partial charge in [-0.3, -0.25) is 4.98 Å². The van der Waals surface area contributed by atoms with Gasteiger partial charge >= 0.3 is 11.9 Å². The van der Waals surface area contributed by atoms with Crippen molar-refractivity contribution < 1.29 is 27.9 Å². The van der Waals surface area contributed by atoms with Crippen molar-refractivity contribution in [1.82, 2.24) is 9.97 Å². The van der Waals surface area contributed by atoms with Crippen LogP contribution in [-0.2, 0) is 9.47 Å². The first-order valence-corrected chi connectivity index (χ1v) is 11.6. The van der Waals surface area contributed by atoms with Crippen molar-refractivity contribution in [3.8, 4) is 45.6 Å². The lowest BCUT2D eigenvalue weighted by molar-refractivity contribution is 0.0525. The van der Waals surface area contributed by atoms with Crippen LogP contribution in [-0.4, -0.2) is 35.6 Å². The maximum atomic E-state index is 12.4. The molecule has 0 atom stereocenters. The molecule has 3 heterocycles. The number of carbonyl (C=O) groups is 2. The Balaban J connectivity index is 1.44. The number of carbonyl (C=O) groups excluding carboxylic acids is 2. The van der Waals surface area contributed by atoms with E-state index in [0.717, 1.165) is 16.8 Å². The third kappa shape index (κ3) is 4.90. The zero-order valence-electron chi connectivity index (χ0n) is 20.1. The highest BCUT2D eigenvalue weighted by molar-refractivity contribution is 5.95. The molecule has 0 fully saturated rings. The molecule has 8 nitrogen and oxygen atoms in total. The Bertz CT molecular complexity index is 1530. The standard InChI is InChI=1S/C29H22N2O6/c1-3-35-28(32)21-13-11-20(12-14-21)26-25(29(33)34-2)31-27(37-26)24-16-15-23(36-24)19-9-7-18(8-10-19)22-6-4-5-17-30-22/h4-17H,3H2,1-2H3. The molecule has 0 amide bonds. The number of pyridine rings is 1. The van der Waals surface area contributed by atoms with Gasteiger partial charge in [-0.2, -0.15) is 4.98 Å². The minimum atomic E-state index is -0.656. The summed E-state index contributed by atoms with van der Waals surface area (Å²) in [5, 5.41) is 0. The van der Waals surface area contributed by atoms with Crippen LogP contribution in [0.15, 0.2) is 93.9 Å². The van der Waals surface area contributed by atoms with Gasteiger partial charge in [0.05, 0.1) is 25.0 Å². The van der Waals surface area contributed by atoms with Gasteiger partial charge in [-0.05, 0) is 43.3 Å². The van der Waals surface area contributed by atoms with Crippen molar-refractivity contribution in [2.75, 3.05) is 13.7 Å². The molecule has 0 unspecified atom stereocenters. The molecule has 3 aromatic heterocycles. The number of methoxy groups -OCH3 is 1. The van der Waals surface area contributed by atoms with Crippen LogP contribution >= 0.6 is 0 Å². The Hall–Kier alpha value is -4.98. The minimum Gasteiger partial charge on any atom is -0.464 e. The average molecular weight is 495 g/mol. The van der Waals surface area contributed by atoms with Gasteiger partial charge in [-0.15, -0.1) is 0 Å². The quantitative estimate of drug-likeness (QED) is 0.243. The molecule has 0 N–H and O–H groups in total. The highest BCUT2D eigenvalue weighted by Crippen LogP contribution is 2.34. The number of ether oxygens (including phenoxy) is 2. The second-order valence-electron chi connectivity index (χ2n) is 7.94. The SMILES string of the molecule is CCOC(=O)c1ccc(-c2oc(-c3ccc(-c4ccc(-c5ccccn5)cc4)o3)nc2C(=O)OC)cc1. The number of benzene rings is 2. The molecule has 37 heavy (non-hydrogen) atoms. The van der Waals surface area contributed by atoms with Crippen LogP contribution < -0.4 is 0 Å². The highest BCUT2D eigenvalue weighted by Gasteiger charge is 2.25. The number of oxazole rings is 1. The van der Waals surface area contributed by atoms with E-state index in [0.29, 0.717) is 22.6 Å². The van der Waals surface area contributed by atoms with Crippen LogP contribution in [0.25, 0.3) is 45.6 Å². The van der Waals surface area contributed by atoms with E-state index in [2.05, 4.69) is 9.97 Å². The van der Waals surface area contributed by atoms with E-state index in [4.69, 9.17) is 18.3 Å². The van der Waals surface area contributed by atoms with E-state index in [-0.39, 0.29) is 24.0 Å². The number of rotatable bonds is 7. The number of aromatic nitrogens is 2. The molecule has 0 spiro atoms. The molecule has 0 radical (unpaired) electrons. The molecular formula is C29H22N2O6. The zero-order valence-corrected chi connectivity index (χ0v) is 20.1. The predicted molar refractivity (Wildman–Crippen MR) is 136 cm³/mol. The van der Waals surface area contributed by atoms with Gasteiger partial charge in [0.1, 0.15) is 5.76 Å². The summed E-state index contributed by atoms with van der Waals surface area (Å²) < 4.78 is 21.9. The van der Waals surface area contributed by atoms with Crippen LogP contribution in [0.2, 0.25) is 0 Å². The fraction of sp³-hybridized carbons (Fsp3) is 0.103. The minimum absolute atomic E-state index is 0.000881. The van der Waals surface area contributed by atoms with Gasteiger partial charge in [0.15, 0.2) is 17.2 Å². The predicted octanol–water partition coefficient (Wildman–Crippen LogP) is 6.29. The summed E-state index contributed by atoms with van der Waals surface area (Å²) >= 11 is 0. The molecule has 5 aromatic rings. The van der Waals surface area contributed by atoms with Crippen LogP contribution in [0.3, 0.4) is 0 Å². The van der Waals surface area contributed by atoms with Crippen molar-refractivity contribution in [3.05, 3.63) is 96.3 Å². The zero-order chi connectivity index (χ0) is 25.8. The molecule has 5 rings (SSSR count). The number of esters is 2. The normalized spacial score (nSPS) is 10.8. The van der Waals surface area contributed by atoms with E-state index in [1.807, 2.05) is 42.5 Å². The van der Waals surface area contributed by atoms with Gasteiger partial charge in [0, 0.05) is 22.9 Å². The summed E-state index contributed by atoms with van der Waals surface area (Å²) in [6, 6.07) is 23.6. The van der Waals surface area contributed by atoms with Crippen molar-refractivity contribution in [3.63, 3.8) is 0 Å². The molecule has 0 aliphatic rings. The van der Waals surface area contributed by atoms with Gasteiger partial charge in [0.2, 0.25) is 0 Å². The lowest BCUT2D eigenvalue weighted by Crippen LogP contribution is -2.05. The monoisotopic (exact) mass is 494 g/mol. The molecule has 0 bridgehead atoms. The Morgan fingerprint density at radius 3 is 2.16 bits per heavy atom. The highest BCUT2D eigenvalue weighted by atomic mass is 16.5. The number of furan rings is 1. The molecule has 0 saturated heterocycles. The second kappa shape index (κ2) is 10.3. The van der Waals surface area contributed by atoms with Gasteiger partial charge in [0.25, 0.3) is 5.89 Å². The molecule has 0 saturated carbocycles. The van der Waals surface area contributed by atoms with Gasteiger partial charge < -0.3 is 18.3 Å². The number of hydrogen-bond donors (Lipinski definition) is 0. The van der Waals surface area contributed by atoms with Crippen LogP contribution in [0.5, 0.6) is 0 Å². The molecule has 0 aliphatic carbocycles. The Labute approximate surface area is 212 Å². The maximum absolute atomic E-state index is 12.4. The summed E-state index contributed by atoms with van der Waals surface area (Å²) in [4.78, 5) is 33.1. The Kier molecular flexibility index (Phi) is 6.63. The van der Waals surface area contributed by atoms with E-state index < -0.39 is 11.9 Å². The molecule has 184 valence electrons. The number of hydrogen-bond acceptors (Lipinski definition) is 8. The van der Waals surface area contributed by atoms with Crippen molar-refractivity contribution in [1.29, 1.82) is 0 Å². The fourth-order valence-corrected chi connectivity index (χ4v) is 3.78. The van der Waals surface area contributed by atoms with E-state index >= 15 is 0 Å². The van der Waals surface area contributed by atoms with Crippen LogP contribution in [0.4, 0.5) is 0 Å². The van der Waals surface area contributed by atoms with Gasteiger partial charge in [-0.1, -0.05) is 42.5 Å². The molecule has 8 heteroatoms. The third-order valence-corrected chi connectivity index (χ3v) is 5.61. The molecular weight excluding hydrogens is 472 g/mol. The van der Waals surface area contributed by atoms with E-state index in [9.17, 15) is 9.59 Å². The van der Waals surface area contributed by atoms with Crippen LogP contribution in [0.1, 0.15) is 27.8 Å². The number of nitrogens with zero attached hydrogens (tertiary/aromatic N) is 2. The third-order valence-electron chi connectivity index (χ3n) is 5.61. The summed E-state index contributed by atoms with van der Waals surface area (Å²) in [5.74, 6) is 0.202. The lowest BCUT2D eigenvalue weighted by atomic mass is 10.1.